The zero-order valence-corrected chi connectivity index (χ0v) is 10.4. The number of halogens is 1. The van der Waals surface area contributed by atoms with E-state index in [2.05, 4.69) is 12.2 Å². The van der Waals surface area contributed by atoms with E-state index in [9.17, 15) is 9.50 Å². The molecular weight excluding hydrogens is 233 g/mol. The van der Waals surface area contributed by atoms with Crippen molar-refractivity contribution in [3.05, 3.63) is 29.6 Å². The maximum atomic E-state index is 13.3. The smallest absolute Gasteiger partial charge is 0.128 e. The molecule has 2 aliphatic rings. The Kier molecular flexibility index (Phi) is 2.79. The van der Waals surface area contributed by atoms with Gasteiger partial charge in [0.25, 0.3) is 0 Å². The Hall–Kier alpha value is -1.13. The van der Waals surface area contributed by atoms with Crippen LogP contribution in [0.25, 0.3) is 0 Å². The zero-order valence-electron chi connectivity index (χ0n) is 10.4. The van der Waals surface area contributed by atoms with E-state index in [1.807, 2.05) is 0 Å². The first-order valence-corrected chi connectivity index (χ1v) is 6.48. The summed E-state index contributed by atoms with van der Waals surface area (Å²) in [5.41, 5.74) is 0.346. The molecule has 3 rings (SSSR count). The van der Waals surface area contributed by atoms with E-state index in [0.29, 0.717) is 23.7 Å². The molecule has 1 saturated heterocycles. The average Bonchev–Trinajstić information content (AvgIpc) is 2.32. The third-order valence-corrected chi connectivity index (χ3v) is 4.26. The number of ether oxygens (including phenoxy) is 1. The highest BCUT2D eigenvalue weighted by Gasteiger charge is 2.45. The Morgan fingerprint density at radius 1 is 1.50 bits per heavy atom. The van der Waals surface area contributed by atoms with Crippen molar-refractivity contribution in [3.63, 3.8) is 0 Å². The van der Waals surface area contributed by atoms with E-state index in [4.69, 9.17) is 4.74 Å². The fraction of sp³-hybridized carbons (Fsp3) is 0.571. The van der Waals surface area contributed by atoms with Gasteiger partial charge in [-0.05, 0) is 25.1 Å². The second-order valence-corrected chi connectivity index (χ2v) is 5.42. The number of hydrogen-bond acceptors (Lipinski definition) is 3. The summed E-state index contributed by atoms with van der Waals surface area (Å²) < 4.78 is 19.4. The highest BCUT2D eigenvalue weighted by molar-refractivity contribution is 5.39. The van der Waals surface area contributed by atoms with Crippen LogP contribution >= 0.6 is 0 Å². The molecule has 3 nitrogen and oxygen atoms in total. The Labute approximate surface area is 106 Å². The van der Waals surface area contributed by atoms with Crippen LogP contribution < -0.4 is 10.1 Å². The summed E-state index contributed by atoms with van der Waals surface area (Å²) in [4.78, 5) is 0. The van der Waals surface area contributed by atoms with Crippen molar-refractivity contribution in [1.82, 2.24) is 5.32 Å². The highest BCUT2D eigenvalue weighted by atomic mass is 19.1. The third-order valence-electron chi connectivity index (χ3n) is 4.26. The molecule has 0 bridgehead atoms. The molecule has 1 spiro atoms. The van der Waals surface area contributed by atoms with E-state index < -0.39 is 6.10 Å². The van der Waals surface area contributed by atoms with E-state index >= 15 is 0 Å². The molecule has 2 aliphatic heterocycles. The topological polar surface area (TPSA) is 41.5 Å². The predicted molar refractivity (Wildman–Crippen MR) is 66.0 cm³/mol. The van der Waals surface area contributed by atoms with Gasteiger partial charge in [0, 0.05) is 30.5 Å². The fourth-order valence-corrected chi connectivity index (χ4v) is 3.08. The van der Waals surface area contributed by atoms with Crippen LogP contribution in [0.2, 0.25) is 0 Å². The van der Waals surface area contributed by atoms with Gasteiger partial charge in [0.2, 0.25) is 0 Å². The number of piperidine rings is 1. The van der Waals surface area contributed by atoms with Crippen LogP contribution in [0.3, 0.4) is 0 Å². The molecule has 0 radical (unpaired) electrons. The van der Waals surface area contributed by atoms with Gasteiger partial charge < -0.3 is 15.2 Å². The summed E-state index contributed by atoms with van der Waals surface area (Å²) in [5, 5.41) is 13.6. The molecule has 2 N–H and O–H groups in total. The Balaban J connectivity index is 1.99. The van der Waals surface area contributed by atoms with Crippen LogP contribution in [-0.4, -0.2) is 23.8 Å². The van der Waals surface area contributed by atoms with Gasteiger partial charge in [-0.25, -0.2) is 4.39 Å². The van der Waals surface area contributed by atoms with E-state index in [-0.39, 0.29) is 11.4 Å². The number of aliphatic hydroxyl groups excluding tert-OH is 1. The lowest BCUT2D eigenvalue weighted by Gasteiger charge is -2.47. The summed E-state index contributed by atoms with van der Waals surface area (Å²) in [5.74, 6) is 0.486. The summed E-state index contributed by atoms with van der Waals surface area (Å²) in [6.45, 7) is 3.86. The Bertz CT molecular complexity index is 465. The van der Waals surface area contributed by atoms with Gasteiger partial charge in [0.15, 0.2) is 0 Å². The molecule has 1 fully saturated rings. The van der Waals surface area contributed by atoms with Gasteiger partial charge in [-0.1, -0.05) is 6.92 Å². The lowest BCUT2D eigenvalue weighted by Crippen LogP contribution is -2.55. The molecule has 2 heterocycles. The minimum Gasteiger partial charge on any atom is -0.486 e. The fourth-order valence-electron chi connectivity index (χ4n) is 3.08. The van der Waals surface area contributed by atoms with E-state index in [1.165, 1.54) is 12.1 Å². The first-order valence-electron chi connectivity index (χ1n) is 6.48. The first-order chi connectivity index (χ1) is 8.61. The maximum Gasteiger partial charge on any atom is 0.128 e. The maximum absolute atomic E-state index is 13.3. The second-order valence-electron chi connectivity index (χ2n) is 5.42. The van der Waals surface area contributed by atoms with Gasteiger partial charge in [-0.15, -0.1) is 0 Å². The van der Waals surface area contributed by atoms with Crippen LogP contribution in [0.1, 0.15) is 31.4 Å². The normalized spacial score (nSPS) is 35.1. The first kappa shape index (κ1) is 11.9. The quantitative estimate of drug-likeness (QED) is 0.741. The van der Waals surface area contributed by atoms with Crippen molar-refractivity contribution in [3.8, 4) is 5.75 Å². The number of benzene rings is 1. The molecule has 1 aromatic rings. The monoisotopic (exact) mass is 251 g/mol. The Morgan fingerprint density at radius 2 is 2.33 bits per heavy atom. The predicted octanol–water partition coefficient (Wildman–Crippen LogP) is 2.01. The van der Waals surface area contributed by atoms with Crippen LogP contribution in [0, 0.1) is 11.7 Å². The van der Waals surface area contributed by atoms with E-state index in [0.717, 1.165) is 19.5 Å². The van der Waals surface area contributed by atoms with Crippen LogP contribution in [0.15, 0.2) is 18.2 Å². The molecule has 1 aromatic carbocycles. The number of rotatable bonds is 0. The average molecular weight is 251 g/mol. The summed E-state index contributed by atoms with van der Waals surface area (Å²) in [6.07, 6.45) is 0.880. The minimum atomic E-state index is -0.560. The van der Waals surface area contributed by atoms with E-state index in [1.54, 1.807) is 6.07 Å². The molecular formula is C14H18FNO2. The van der Waals surface area contributed by atoms with Gasteiger partial charge in [-0.2, -0.15) is 0 Å². The highest BCUT2D eigenvalue weighted by Crippen LogP contribution is 2.45. The summed E-state index contributed by atoms with van der Waals surface area (Å²) in [7, 11) is 0. The zero-order chi connectivity index (χ0) is 12.8. The number of nitrogens with one attached hydrogen (secondary N) is 1. The Morgan fingerprint density at radius 3 is 3.11 bits per heavy atom. The van der Waals surface area contributed by atoms with Crippen molar-refractivity contribution in [1.29, 1.82) is 0 Å². The van der Waals surface area contributed by atoms with Crippen molar-refractivity contribution in [2.24, 2.45) is 5.92 Å². The lowest BCUT2D eigenvalue weighted by molar-refractivity contribution is -0.0661. The third kappa shape index (κ3) is 1.80. The molecule has 0 saturated carbocycles. The second kappa shape index (κ2) is 4.21. The molecule has 0 aliphatic carbocycles. The molecule has 98 valence electrons. The number of fused-ring (bicyclic) bond motifs is 1. The number of aliphatic hydroxyl groups is 1. The van der Waals surface area contributed by atoms with Crippen molar-refractivity contribution < 1.29 is 14.2 Å². The van der Waals surface area contributed by atoms with Gasteiger partial charge in [0.1, 0.15) is 17.2 Å². The van der Waals surface area contributed by atoms with Crippen molar-refractivity contribution in [2.45, 2.75) is 31.5 Å². The van der Waals surface area contributed by atoms with Gasteiger partial charge in [-0.3, -0.25) is 0 Å². The van der Waals surface area contributed by atoms with Crippen LogP contribution in [0.5, 0.6) is 5.75 Å². The van der Waals surface area contributed by atoms with Crippen molar-refractivity contribution >= 4 is 0 Å². The largest absolute Gasteiger partial charge is 0.486 e. The van der Waals surface area contributed by atoms with Crippen LogP contribution in [0.4, 0.5) is 4.39 Å². The molecule has 3 atom stereocenters. The molecule has 0 aromatic heterocycles. The molecule has 2 unspecified atom stereocenters. The summed E-state index contributed by atoms with van der Waals surface area (Å²) >= 11 is 0. The van der Waals surface area contributed by atoms with Crippen LogP contribution in [-0.2, 0) is 0 Å². The molecule has 4 heteroatoms. The standard InChI is InChI=1S/C14H18FNO2/c1-9-8-16-5-4-14(9)7-12(17)11-3-2-10(15)6-13(11)18-14/h2-3,6,9,12,16-17H,4-5,7-8H2,1H3/t9?,12-,14?/m1/s1. The van der Waals surface area contributed by atoms with Gasteiger partial charge in [0.05, 0.1) is 6.10 Å². The number of hydrogen-bond donors (Lipinski definition) is 2. The van der Waals surface area contributed by atoms with Gasteiger partial charge >= 0.3 is 0 Å². The molecule has 0 amide bonds. The van der Waals surface area contributed by atoms with Crippen molar-refractivity contribution in [2.75, 3.05) is 13.1 Å². The minimum absolute atomic E-state index is 0.303. The molecule has 18 heavy (non-hydrogen) atoms. The lowest BCUT2D eigenvalue weighted by atomic mass is 9.76. The summed E-state index contributed by atoms with van der Waals surface area (Å²) in [6, 6.07) is 4.37. The SMILES string of the molecule is CC1CNCCC12C[C@@H](O)c1ccc(F)cc1O2.